The summed E-state index contributed by atoms with van der Waals surface area (Å²) in [6.45, 7) is 3.57. The normalized spacial score (nSPS) is 11.6. The number of halogens is 2. The number of rotatable bonds is 11. The molecule has 1 aromatic heterocycles. The molecule has 3 aromatic carbocycles. The quantitative estimate of drug-likeness (QED) is 0.225. The first kappa shape index (κ1) is 30.6. The van der Waals surface area contributed by atoms with Crippen LogP contribution in [-0.2, 0) is 16.6 Å². The Morgan fingerprint density at radius 1 is 0.974 bits per heavy atom. The Morgan fingerprint density at radius 2 is 1.67 bits per heavy atom. The summed E-state index contributed by atoms with van der Waals surface area (Å²) < 4.78 is 42.5. The lowest BCUT2D eigenvalue weighted by molar-refractivity contribution is 0.0986. The first-order valence-corrected chi connectivity index (χ1v) is 14.6. The molecule has 7 nitrogen and oxygen atoms in total. The van der Waals surface area contributed by atoms with Gasteiger partial charge in [0.05, 0.1) is 15.1 Å². The lowest BCUT2D eigenvalue weighted by atomic mass is 10.2. The van der Waals surface area contributed by atoms with Crippen molar-refractivity contribution in [3.8, 4) is 0 Å². The van der Waals surface area contributed by atoms with Crippen LogP contribution >= 0.6 is 23.7 Å². The summed E-state index contributed by atoms with van der Waals surface area (Å²) in [5.74, 6) is -0.646. The Labute approximate surface area is 239 Å². The largest absolute Gasteiger partial charge is 0.309 e. The highest BCUT2D eigenvalue weighted by Gasteiger charge is 2.25. The number of amides is 1. The van der Waals surface area contributed by atoms with Gasteiger partial charge in [0.25, 0.3) is 5.91 Å². The van der Waals surface area contributed by atoms with E-state index < -0.39 is 10.0 Å². The fraction of sp³-hybridized carbons (Fsp3) is 0.286. The van der Waals surface area contributed by atoms with Gasteiger partial charge in [0.15, 0.2) is 5.13 Å². The van der Waals surface area contributed by atoms with Crippen LogP contribution in [0.15, 0.2) is 77.7 Å². The number of carbonyl (C=O) groups excluding carboxylic acids is 1. The molecule has 0 saturated carbocycles. The Morgan fingerprint density at radius 3 is 2.31 bits per heavy atom. The third kappa shape index (κ3) is 7.40. The summed E-state index contributed by atoms with van der Waals surface area (Å²) in [4.78, 5) is 21.9. The predicted molar refractivity (Wildman–Crippen MR) is 158 cm³/mol. The van der Waals surface area contributed by atoms with E-state index in [-0.39, 0.29) is 35.6 Å². The van der Waals surface area contributed by atoms with E-state index in [1.807, 2.05) is 49.3 Å². The minimum atomic E-state index is -3.75. The molecule has 208 valence electrons. The van der Waals surface area contributed by atoms with Crippen molar-refractivity contribution in [2.45, 2.75) is 24.8 Å². The summed E-state index contributed by atoms with van der Waals surface area (Å²) in [5.41, 5.74) is 1.87. The number of sulfonamides is 1. The van der Waals surface area contributed by atoms with Gasteiger partial charge in [-0.2, -0.15) is 4.31 Å². The van der Waals surface area contributed by atoms with Crippen molar-refractivity contribution in [2.24, 2.45) is 0 Å². The average Bonchev–Trinajstić information content (AvgIpc) is 3.32. The van der Waals surface area contributed by atoms with Crippen molar-refractivity contribution < 1.29 is 17.6 Å². The van der Waals surface area contributed by atoms with Gasteiger partial charge in [-0.15, -0.1) is 12.4 Å². The molecule has 0 aliphatic carbocycles. The third-order valence-corrected chi connectivity index (χ3v) is 9.07. The fourth-order valence-electron chi connectivity index (χ4n) is 4.06. The first-order valence-electron chi connectivity index (χ1n) is 12.4. The van der Waals surface area contributed by atoms with Gasteiger partial charge in [-0.25, -0.2) is 17.8 Å². The molecule has 0 unspecified atom stereocenters. The van der Waals surface area contributed by atoms with Gasteiger partial charge in [0, 0.05) is 25.2 Å². The molecule has 0 radical (unpaired) electrons. The van der Waals surface area contributed by atoms with Gasteiger partial charge in [-0.3, -0.25) is 9.69 Å². The van der Waals surface area contributed by atoms with E-state index in [9.17, 15) is 17.6 Å². The maximum atomic E-state index is 13.7. The Hall–Kier alpha value is -2.89. The van der Waals surface area contributed by atoms with Crippen LogP contribution in [0.1, 0.15) is 29.3 Å². The van der Waals surface area contributed by atoms with Crippen LogP contribution in [0.4, 0.5) is 9.52 Å². The summed E-state index contributed by atoms with van der Waals surface area (Å²) in [6.07, 6.45) is 0.709. The van der Waals surface area contributed by atoms with Gasteiger partial charge in [0.1, 0.15) is 5.82 Å². The Balaban J connectivity index is 0.00000420. The number of hydrogen-bond donors (Lipinski definition) is 0. The maximum absolute atomic E-state index is 13.7. The zero-order chi connectivity index (χ0) is 27.3. The molecule has 0 bridgehead atoms. The number of anilines is 1. The van der Waals surface area contributed by atoms with Crippen LogP contribution in [0.2, 0.25) is 0 Å². The number of benzene rings is 3. The number of hydrogen-bond acceptors (Lipinski definition) is 6. The maximum Gasteiger partial charge on any atom is 0.260 e. The second-order valence-electron chi connectivity index (χ2n) is 9.16. The molecular weight excluding hydrogens is 559 g/mol. The van der Waals surface area contributed by atoms with Crippen molar-refractivity contribution in [3.63, 3.8) is 0 Å². The van der Waals surface area contributed by atoms with E-state index in [4.69, 9.17) is 0 Å². The van der Waals surface area contributed by atoms with Gasteiger partial charge in [-0.1, -0.05) is 48.6 Å². The van der Waals surface area contributed by atoms with Crippen molar-refractivity contribution in [2.75, 3.05) is 38.6 Å². The SMILES string of the molecule is CCN(Cc1ccccc1)S(=O)(=O)c1ccc(C(=O)N(CCCN(C)C)c2nc3ccc(F)cc3s2)cc1.Cl. The molecule has 39 heavy (non-hydrogen) atoms. The van der Waals surface area contributed by atoms with Crippen molar-refractivity contribution in [1.29, 1.82) is 0 Å². The topological polar surface area (TPSA) is 73.8 Å². The number of nitrogens with zero attached hydrogens (tertiary/aromatic N) is 4. The lowest BCUT2D eigenvalue weighted by Crippen LogP contribution is -2.33. The van der Waals surface area contributed by atoms with Crippen LogP contribution in [0, 0.1) is 5.82 Å². The van der Waals surface area contributed by atoms with Crippen molar-refractivity contribution in [3.05, 3.63) is 89.7 Å². The van der Waals surface area contributed by atoms with Crippen LogP contribution < -0.4 is 4.90 Å². The number of aromatic nitrogens is 1. The average molecular weight is 591 g/mol. The zero-order valence-electron chi connectivity index (χ0n) is 22.1. The summed E-state index contributed by atoms with van der Waals surface area (Å²) in [6, 6.07) is 19.8. The van der Waals surface area contributed by atoms with Gasteiger partial charge in [-0.05, 0) is 75.1 Å². The van der Waals surface area contributed by atoms with E-state index in [1.165, 1.54) is 52.0 Å². The number of fused-ring (bicyclic) bond motifs is 1. The summed E-state index contributed by atoms with van der Waals surface area (Å²) >= 11 is 1.25. The molecule has 0 aliphatic rings. The zero-order valence-corrected chi connectivity index (χ0v) is 24.5. The van der Waals surface area contributed by atoms with E-state index >= 15 is 0 Å². The van der Waals surface area contributed by atoms with E-state index in [0.29, 0.717) is 40.4 Å². The minimum absolute atomic E-state index is 0. The summed E-state index contributed by atoms with van der Waals surface area (Å²) in [5, 5.41) is 0.478. The van der Waals surface area contributed by atoms with Gasteiger partial charge in [0.2, 0.25) is 10.0 Å². The Kier molecular flexibility index (Phi) is 10.6. The summed E-state index contributed by atoms with van der Waals surface area (Å²) in [7, 11) is 0.171. The monoisotopic (exact) mass is 590 g/mol. The van der Waals surface area contributed by atoms with E-state index in [1.54, 1.807) is 17.9 Å². The van der Waals surface area contributed by atoms with E-state index in [0.717, 1.165) is 12.1 Å². The predicted octanol–water partition coefficient (Wildman–Crippen LogP) is 5.67. The van der Waals surface area contributed by atoms with Crippen LogP contribution in [-0.4, -0.2) is 62.2 Å². The minimum Gasteiger partial charge on any atom is -0.309 e. The molecule has 0 fully saturated rings. The molecular formula is C28H32ClFN4O3S2. The fourth-order valence-corrected chi connectivity index (χ4v) is 6.51. The molecule has 4 rings (SSSR count). The second kappa shape index (κ2) is 13.5. The van der Waals surface area contributed by atoms with Gasteiger partial charge >= 0.3 is 0 Å². The second-order valence-corrected chi connectivity index (χ2v) is 12.1. The molecule has 11 heteroatoms. The molecule has 1 amide bonds. The standard InChI is InChI=1S/C28H31FN4O3S2.ClH/c1-4-32(20-21-9-6-5-7-10-21)38(35,36)24-14-11-22(12-15-24)27(34)33(18-8-17-31(2)3)28-30-25-16-13-23(29)19-26(25)37-28;/h5-7,9-16,19H,4,8,17-18,20H2,1-3H3;1H. The van der Waals surface area contributed by atoms with Crippen LogP contribution in [0.5, 0.6) is 0 Å². The highest BCUT2D eigenvalue weighted by atomic mass is 35.5. The molecule has 4 aromatic rings. The first-order chi connectivity index (χ1) is 18.2. The van der Waals surface area contributed by atoms with Crippen LogP contribution in [0.25, 0.3) is 10.2 Å². The molecule has 0 atom stereocenters. The number of thiazole rings is 1. The molecule has 0 saturated heterocycles. The Bertz CT molecular complexity index is 1500. The smallest absolute Gasteiger partial charge is 0.260 e. The number of carbonyl (C=O) groups is 1. The molecule has 0 N–H and O–H groups in total. The molecule has 0 aliphatic heterocycles. The highest BCUT2D eigenvalue weighted by molar-refractivity contribution is 7.89. The van der Waals surface area contributed by atoms with Crippen LogP contribution in [0.3, 0.4) is 0 Å². The van der Waals surface area contributed by atoms with Gasteiger partial charge < -0.3 is 4.90 Å². The third-order valence-electron chi connectivity index (χ3n) is 6.10. The molecule has 0 spiro atoms. The lowest BCUT2D eigenvalue weighted by Gasteiger charge is -2.22. The molecule has 1 heterocycles. The van der Waals surface area contributed by atoms with Crippen molar-refractivity contribution in [1.82, 2.24) is 14.2 Å². The highest BCUT2D eigenvalue weighted by Crippen LogP contribution is 2.31. The van der Waals surface area contributed by atoms with Crippen molar-refractivity contribution >= 4 is 55.0 Å². The van der Waals surface area contributed by atoms with E-state index in [2.05, 4.69) is 4.98 Å².